The average molecular weight is 149 g/mol. The first-order valence-electron chi connectivity index (χ1n) is 4.36. The number of hydrogen-bond acceptors (Lipinski definition) is 0. The second-order valence-corrected chi connectivity index (χ2v) is 3.42. The molecule has 0 aromatic carbocycles. The highest BCUT2D eigenvalue weighted by Crippen LogP contribution is 2.39. The van der Waals surface area contributed by atoms with Crippen LogP contribution in [0, 0.1) is 24.7 Å². The van der Waals surface area contributed by atoms with Gasteiger partial charge in [-0.05, 0) is 37.0 Å². The molecule has 0 N–H and O–H groups in total. The van der Waals surface area contributed by atoms with Crippen molar-refractivity contribution in [3.8, 4) is 0 Å². The van der Waals surface area contributed by atoms with Crippen molar-refractivity contribution in [1.82, 2.24) is 0 Å². The van der Waals surface area contributed by atoms with E-state index in [0.717, 1.165) is 12.3 Å². The second-order valence-electron chi connectivity index (χ2n) is 3.42. The summed E-state index contributed by atoms with van der Waals surface area (Å²) in [6.45, 7) is 11.6. The molecule has 61 valence electrons. The van der Waals surface area contributed by atoms with E-state index < -0.39 is 0 Å². The fourth-order valence-corrected chi connectivity index (χ4v) is 2.01. The summed E-state index contributed by atoms with van der Waals surface area (Å²) in [5.41, 5.74) is 0. The number of allylic oxidation sites excluding steroid dienone is 2. The molecule has 1 aliphatic rings. The quantitative estimate of drug-likeness (QED) is 0.540. The Bertz CT molecular complexity index is 146. The van der Waals surface area contributed by atoms with Crippen LogP contribution in [0.4, 0.5) is 0 Å². The summed E-state index contributed by atoms with van der Waals surface area (Å²) in [5.74, 6) is 2.16. The smallest absolute Gasteiger partial charge is 0.0202 e. The Balaban J connectivity index is 2.53. The molecule has 0 spiro atoms. The molecule has 1 radical (unpaired) electrons. The molecule has 0 bridgehead atoms. The van der Waals surface area contributed by atoms with Gasteiger partial charge in [-0.1, -0.05) is 19.1 Å². The van der Waals surface area contributed by atoms with E-state index in [4.69, 9.17) is 0 Å². The highest BCUT2D eigenvalue weighted by atomic mass is 14.3. The van der Waals surface area contributed by atoms with Gasteiger partial charge in [0, 0.05) is 0 Å². The van der Waals surface area contributed by atoms with Crippen LogP contribution in [0.3, 0.4) is 0 Å². The Hall–Kier alpha value is -0.520. The van der Waals surface area contributed by atoms with Gasteiger partial charge >= 0.3 is 0 Å². The van der Waals surface area contributed by atoms with Gasteiger partial charge < -0.3 is 0 Å². The molecule has 3 atom stereocenters. The van der Waals surface area contributed by atoms with Crippen LogP contribution >= 0.6 is 0 Å². The average Bonchev–Trinajstić information content (AvgIpc) is 2.46. The minimum Gasteiger partial charge on any atom is -0.103 e. The van der Waals surface area contributed by atoms with Crippen molar-refractivity contribution in [2.45, 2.75) is 19.3 Å². The lowest BCUT2D eigenvalue weighted by molar-refractivity contribution is 0.462. The van der Waals surface area contributed by atoms with Crippen molar-refractivity contribution < 1.29 is 0 Å². The maximum atomic E-state index is 3.95. The zero-order valence-corrected chi connectivity index (χ0v) is 7.13. The van der Waals surface area contributed by atoms with Crippen LogP contribution in [-0.4, -0.2) is 0 Å². The molecule has 0 saturated heterocycles. The van der Waals surface area contributed by atoms with Crippen molar-refractivity contribution in [2.24, 2.45) is 17.8 Å². The zero-order chi connectivity index (χ0) is 8.27. The SMILES string of the molecule is [CH2]CC1CC(C=C)CC1C=C. The van der Waals surface area contributed by atoms with Crippen LogP contribution in [0.15, 0.2) is 25.3 Å². The highest BCUT2D eigenvalue weighted by Gasteiger charge is 2.28. The normalized spacial score (nSPS) is 37.0. The van der Waals surface area contributed by atoms with Crippen LogP contribution in [0.1, 0.15) is 19.3 Å². The molecule has 0 aliphatic heterocycles. The third-order valence-electron chi connectivity index (χ3n) is 2.79. The van der Waals surface area contributed by atoms with Crippen molar-refractivity contribution in [1.29, 1.82) is 0 Å². The summed E-state index contributed by atoms with van der Waals surface area (Å²) in [5, 5.41) is 0. The Morgan fingerprint density at radius 1 is 1.18 bits per heavy atom. The lowest BCUT2D eigenvalue weighted by atomic mass is 9.94. The summed E-state index contributed by atoms with van der Waals surface area (Å²) in [4.78, 5) is 0. The van der Waals surface area contributed by atoms with E-state index in [9.17, 15) is 0 Å². The summed E-state index contributed by atoms with van der Waals surface area (Å²) >= 11 is 0. The van der Waals surface area contributed by atoms with E-state index in [2.05, 4.69) is 32.2 Å². The largest absolute Gasteiger partial charge is 0.103 e. The van der Waals surface area contributed by atoms with E-state index in [1.165, 1.54) is 12.8 Å². The minimum atomic E-state index is 0.690. The van der Waals surface area contributed by atoms with Crippen LogP contribution in [-0.2, 0) is 0 Å². The third-order valence-corrected chi connectivity index (χ3v) is 2.79. The first kappa shape index (κ1) is 8.58. The number of hydrogen-bond donors (Lipinski definition) is 0. The van der Waals surface area contributed by atoms with Gasteiger partial charge in [-0.15, -0.1) is 13.2 Å². The summed E-state index contributed by atoms with van der Waals surface area (Å²) in [6, 6.07) is 0. The lowest BCUT2D eigenvalue weighted by Gasteiger charge is -2.11. The molecule has 0 heterocycles. The molecule has 0 heteroatoms. The molecule has 0 nitrogen and oxygen atoms in total. The summed E-state index contributed by atoms with van der Waals surface area (Å²) in [6.07, 6.45) is 7.71. The molecule has 0 aromatic heterocycles. The van der Waals surface area contributed by atoms with Crippen molar-refractivity contribution >= 4 is 0 Å². The van der Waals surface area contributed by atoms with E-state index in [0.29, 0.717) is 11.8 Å². The van der Waals surface area contributed by atoms with E-state index in [-0.39, 0.29) is 0 Å². The van der Waals surface area contributed by atoms with Gasteiger partial charge in [0.25, 0.3) is 0 Å². The summed E-state index contributed by atoms with van der Waals surface area (Å²) < 4.78 is 0. The highest BCUT2D eigenvalue weighted by molar-refractivity contribution is 4.97. The maximum absolute atomic E-state index is 3.95. The van der Waals surface area contributed by atoms with Crippen LogP contribution in [0.5, 0.6) is 0 Å². The molecule has 1 fully saturated rings. The van der Waals surface area contributed by atoms with Crippen molar-refractivity contribution in [3.63, 3.8) is 0 Å². The first-order chi connectivity index (χ1) is 5.31. The van der Waals surface area contributed by atoms with Gasteiger partial charge in [-0.3, -0.25) is 0 Å². The fourth-order valence-electron chi connectivity index (χ4n) is 2.01. The van der Waals surface area contributed by atoms with Gasteiger partial charge in [-0.25, -0.2) is 0 Å². The van der Waals surface area contributed by atoms with Gasteiger partial charge in [0.15, 0.2) is 0 Å². The molecular weight excluding hydrogens is 132 g/mol. The van der Waals surface area contributed by atoms with Gasteiger partial charge in [0.05, 0.1) is 0 Å². The summed E-state index contributed by atoms with van der Waals surface area (Å²) in [7, 11) is 0. The van der Waals surface area contributed by atoms with Crippen molar-refractivity contribution in [3.05, 3.63) is 32.2 Å². The predicted molar refractivity (Wildman–Crippen MR) is 50.1 cm³/mol. The Morgan fingerprint density at radius 3 is 2.27 bits per heavy atom. The molecule has 3 unspecified atom stereocenters. The van der Waals surface area contributed by atoms with E-state index >= 15 is 0 Å². The molecule has 0 amide bonds. The topological polar surface area (TPSA) is 0 Å². The van der Waals surface area contributed by atoms with E-state index in [1.54, 1.807) is 0 Å². The van der Waals surface area contributed by atoms with Crippen LogP contribution in [0.25, 0.3) is 0 Å². The van der Waals surface area contributed by atoms with Gasteiger partial charge in [-0.2, -0.15) is 0 Å². The van der Waals surface area contributed by atoms with Gasteiger partial charge in [0.2, 0.25) is 0 Å². The molecule has 1 saturated carbocycles. The molecule has 11 heavy (non-hydrogen) atoms. The number of rotatable bonds is 3. The molecule has 1 rings (SSSR count). The van der Waals surface area contributed by atoms with Crippen molar-refractivity contribution in [2.75, 3.05) is 0 Å². The monoisotopic (exact) mass is 149 g/mol. The first-order valence-corrected chi connectivity index (χ1v) is 4.36. The van der Waals surface area contributed by atoms with E-state index in [1.807, 2.05) is 0 Å². The van der Waals surface area contributed by atoms with Crippen LogP contribution < -0.4 is 0 Å². The Labute approximate surface area is 70.0 Å². The standard InChI is InChI=1S/C11H17/c1-4-9-7-10(5-2)11(6-3)8-9/h4-5,9-11H,1-3,6-8H2. The molecular formula is C11H17. The second kappa shape index (κ2) is 3.75. The Kier molecular flexibility index (Phi) is 2.92. The minimum absolute atomic E-state index is 0.690. The molecule has 1 aliphatic carbocycles. The predicted octanol–water partition coefficient (Wildman–Crippen LogP) is 3.22. The van der Waals surface area contributed by atoms with Crippen LogP contribution in [0.2, 0.25) is 0 Å². The maximum Gasteiger partial charge on any atom is -0.0202 e. The van der Waals surface area contributed by atoms with Gasteiger partial charge in [0.1, 0.15) is 0 Å². The Morgan fingerprint density at radius 2 is 1.91 bits per heavy atom. The third kappa shape index (κ3) is 1.74. The lowest BCUT2D eigenvalue weighted by Crippen LogP contribution is -2.02. The molecule has 0 aromatic rings. The zero-order valence-electron chi connectivity index (χ0n) is 7.13. The fraction of sp³-hybridized carbons (Fsp3) is 0.545.